The average Bonchev–Trinajstić information content (AvgIpc) is 2.87. The number of esters is 1. The smallest absolute Gasteiger partial charge is 0.377 e. The summed E-state index contributed by atoms with van der Waals surface area (Å²) in [5.74, 6) is -1.95. The first-order valence-electron chi connectivity index (χ1n) is 4.93. The highest BCUT2D eigenvalue weighted by Gasteiger charge is 2.15. The second kappa shape index (κ2) is 5.02. The van der Waals surface area contributed by atoms with E-state index >= 15 is 0 Å². The second-order valence-corrected chi connectivity index (χ2v) is 3.72. The predicted molar refractivity (Wildman–Crippen MR) is 62.5 cm³/mol. The van der Waals surface area contributed by atoms with Crippen LogP contribution in [-0.4, -0.2) is 43.9 Å². The molecule has 1 N–H and O–H groups in total. The molecule has 0 aliphatic carbocycles. The molecule has 98 valence electrons. The zero-order valence-corrected chi connectivity index (χ0v) is 10.3. The molecule has 2 rings (SSSR count). The van der Waals surface area contributed by atoms with E-state index in [9.17, 15) is 9.59 Å². The fourth-order valence-electron chi connectivity index (χ4n) is 1.27. The first-order valence-corrected chi connectivity index (χ1v) is 5.31. The van der Waals surface area contributed by atoms with Gasteiger partial charge in [-0.2, -0.15) is 0 Å². The van der Waals surface area contributed by atoms with Crippen molar-refractivity contribution in [1.29, 1.82) is 0 Å². The van der Waals surface area contributed by atoms with Crippen LogP contribution in [0.25, 0.3) is 5.82 Å². The molecule has 0 aromatic carbocycles. The summed E-state index contributed by atoms with van der Waals surface area (Å²) >= 11 is 5.69. The summed E-state index contributed by atoms with van der Waals surface area (Å²) in [6.07, 6.45) is 1.22. The number of carbonyl (C=O) groups is 2. The van der Waals surface area contributed by atoms with Gasteiger partial charge in [0.15, 0.2) is 11.5 Å². The van der Waals surface area contributed by atoms with Gasteiger partial charge in [0.2, 0.25) is 0 Å². The molecule has 9 heteroatoms. The Morgan fingerprint density at radius 1 is 1.42 bits per heavy atom. The van der Waals surface area contributed by atoms with E-state index in [-0.39, 0.29) is 22.4 Å². The van der Waals surface area contributed by atoms with Crippen LogP contribution in [-0.2, 0) is 4.74 Å². The molecule has 0 amide bonds. The molecule has 8 nitrogen and oxygen atoms in total. The maximum absolute atomic E-state index is 11.2. The van der Waals surface area contributed by atoms with Gasteiger partial charge in [-0.05, 0) is 12.1 Å². The molecular weight excluding hydrogens is 276 g/mol. The number of carboxylic acid groups (broad SMARTS) is 1. The highest BCUT2D eigenvalue weighted by Crippen LogP contribution is 2.15. The van der Waals surface area contributed by atoms with Gasteiger partial charge < -0.3 is 9.84 Å². The summed E-state index contributed by atoms with van der Waals surface area (Å²) in [7, 11) is 1.20. The van der Waals surface area contributed by atoms with E-state index in [0.29, 0.717) is 0 Å². The van der Waals surface area contributed by atoms with Gasteiger partial charge in [0, 0.05) is 0 Å². The monoisotopic (exact) mass is 282 g/mol. The van der Waals surface area contributed by atoms with Crippen LogP contribution in [0.15, 0.2) is 18.5 Å². The highest BCUT2D eigenvalue weighted by molar-refractivity contribution is 6.33. The van der Waals surface area contributed by atoms with Gasteiger partial charge >= 0.3 is 11.9 Å². The lowest BCUT2D eigenvalue weighted by Gasteiger charge is -2.02. The zero-order chi connectivity index (χ0) is 14.0. The van der Waals surface area contributed by atoms with Crippen LogP contribution >= 0.6 is 11.6 Å². The number of halogens is 1. The maximum Gasteiger partial charge on any atom is 0.377 e. The van der Waals surface area contributed by atoms with Gasteiger partial charge in [-0.1, -0.05) is 11.6 Å². The lowest BCUT2D eigenvalue weighted by Crippen LogP contribution is -2.08. The summed E-state index contributed by atoms with van der Waals surface area (Å²) in [5, 5.41) is 12.7. The van der Waals surface area contributed by atoms with E-state index in [1.165, 1.54) is 25.6 Å². The van der Waals surface area contributed by atoms with Gasteiger partial charge in [-0.15, -0.1) is 5.10 Å². The Kier molecular flexibility index (Phi) is 3.43. The number of methoxy groups -OCH3 is 1. The first-order chi connectivity index (χ1) is 9.02. The van der Waals surface area contributed by atoms with Gasteiger partial charge in [0.25, 0.3) is 5.82 Å². The molecule has 0 bridgehead atoms. The van der Waals surface area contributed by atoms with E-state index in [1.54, 1.807) is 0 Å². The lowest BCUT2D eigenvalue weighted by molar-refractivity contribution is 0.0586. The number of carbonyl (C=O) groups excluding carboxylic acids is 1. The number of rotatable bonds is 3. The molecule has 19 heavy (non-hydrogen) atoms. The molecule has 2 aromatic rings. The topological polar surface area (TPSA) is 107 Å². The van der Waals surface area contributed by atoms with E-state index in [0.717, 1.165) is 4.68 Å². The SMILES string of the molecule is COC(=O)c1ncn(-c2ccc(Cl)c(C(=O)O)n2)n1. The number of aromatic carboxylic acids is 1. The molecule has 0 saturated heterocycles. The number of hydrogen-bond donors (Lipinski definition) is 1. The molecule has 0 aliphatic heterocycles. The largest absolute Gasteiger partial charge is 0.476 e. The van der Waals surface area contributed by atoms with Crippen LogP contribution in [0, 0.1) is 0 Å². The van der Waals surface area contributed by atoms with Crippen LogP contribution in [0.4, 0.5) is 0 Å². The summed E-state index contributed by atoms with van der Waals surface area (Å²) in [4.78, 5) is 29.6. The minimum Gasteiger partial charge on any atom is -0.476 e. The number of aromatic nitrogens is 4. The van der Waals surface area contributed by atoms with Crippen molar-refractivity contribution in [3.8, 4) is 5.82 Å². The van der Waals surface area contributed by atoms with E-state index in [1.807, 2.05) is 0 Å². The third kappa shape index (κ3) is 2.52. The van der Waals surface area contributed by atoms with Crippen molar-refractivity contribution in [1.82, 2.24) is 19.7 Å². The Labute approximate surface area is 111 Å². The number of nitrogens with zero attached hydrogens (tertiary/aromatic N) is 4. The second-order valence-electron chi connectivity index (χ2n) is 3.31. The highest BCUT2D eigenvalue weighted by atomic mass is 35.5. The van der Waals surface area contributed by atoms with Crippen LogP contribution in [0.1, 0.15) is 21.1 Å². The Balaban J connectivity index is 2.42. The fourth-order valence-corrected chi connectivity index (χ4v) is 1.45. The Hall–Kier alpha value is -2.48. The summed E-state index contributed by atoms with van der Waals surface area (Å²) in [6, 6.07) is 2.82. The molecule has 2 aromatic heterocycles. The average molecular weight is 283 g/mol. The van der Waals surface area contributed by atoms with Crippen molar-refractivity contribution in [2.45, 2.75) is 0 Å². The van der Waals surface area contributed by atoms with Gasteiger partial charge in [0.1, 0.15) is 6.33 Å². The molecule has 0 fully saturated rings. The molecule has 0 aliphatic rings. The Bertz CT molecular complexity index is 655. The van der Waals surface area contributed by atoms with Crippen LogP contribution in [0.3, 0.4) is 0 Å². The number of pyridine rings is 1. The van der Waals surface area contributed by atoms with Crippen molar-refractivity contribution in [2.24, 2.45) is 0 Å². The molecule has 0 unspecified atom stereocenters. The van der Waals surface area contributed by atoms with Crippen molar-refractivity contribution in [2.75, 3.05) is 7.11 Å². The lowest BCUT2D eigenvalue weighted by atomic mass is 10.3. The molecule has 0 saturated carbocycles. The van der Waals surface area contributed by atoms with Crippen LogP contribution < -0.4 is 0 Å². The van der Waals surface area contributed by atoms with Gasteiger partial charge in [0.05, 0.1) is 12.1 Å². The number of hydrogen-bond acceptors (Lipinski definition) is 6. The van der Waals surface area contributed by atoms with E-state index < -0.39 is 11.9 Å². The summed E-state index contributed by atoms with van der Waals surface area (Å²) in [6.45, 7) is 0. The minimum atomic E-state index is -1.26. The standard InChI is InChI=1S/C10H7ClN4O4/c1-19-10(18)8-12-4-15(14-8)6-3-2-5(11)7(13-6)9(16)17/h2-4H,1H3,(H,16,17). The van der Waals surface area contributed by atoms with Gasteiger partial charge in [-0.3, -0.25) is 0 Å². The maximum atomic E-state index is 11.2. The molecular formula is C10H7ClN4O4. The number of ether oxygens (including phenoxy) is 1. The van der Waals surface area contributed by atoms with E-state index in [2.05, 4.69) is 19.8 Å². The van der Waals surface area contributed by atoms with Crippen LogP contribution in [0.2, 0.25) is 5.02 Å². The molecule has 0 spiro atoms. The summed E-state index contributed by atoms with van der Waals surface area (Å²) in [5.41, 5.74) is -0.311. The Morgan fingerprint density at radius 2 is 2.16 bits per heavy atom. The molecule has 0 radical (unpaired) electrons. The quantitative estimate of drug-likeness (QED) is 0.830. The van der Waals surface area contributed by atoms with Crippen molar-refractivity contribution in [3.63, 3.8) is 0 Å². The minimum absolute atomic E-state index is 0.00422. The van der Waals surface area contributed by atoms with Crippen molar-refractivity contribution in [3.05, 3.63) is 35.0 Å². The summed E-state index contributed by atoms with van der Waals surface area (Å²) < 4.78 is 5.60. The Morgan fingerprint density at radius 3 is 2.79 bits per heavy atom. The molecule has 2 heterocycles. The van der Waals surface area contributed by atoms with Crippen LogP contribution in [0.5, 0.6) is 0 Å². The predicted octanol–water partition coefficient (Wildman–Crippen LogP) is 0.800. The normalized spacial score (nSPS) is 10.2. The van der Waals surface area contributed by atoms with E-state index in [4.69, 9.17) is 16.7 Å². The first kappa shape index (κ1) is 13.0. The fraction of sp³-hybridized carbons (Fsp3) is 0.100. The van der Waals surface area contributed by atoms with Gasteiger partial charge in [-0.25, -0.2) is 24.2 Å². The third-order valence-corrected chi connectivity index (χ3v) is 2.43. The van der Waals surface area contributed by atoms with Crippen molar-refractivity contribution >= 4 is 23.5 Å². The zero-order valence-electron chi connectivity index (χ0n) is 9.57. The van der Waals surface area contributed by atoms with Crippen molar-refractivity contribution < 1.29 is 19.4 Å². The third-order valence-electron chi connectivity index (χ3n) is 2.13. The number of carboxylic acids is 1. The molecule has 0 atom stereocenters.